The van der Waals surface area contributed by atoms with Gasteiger partial charge in [0.2, 0.25) is 11.8 Å². The average molecular weight is 330 g/mol. The van der Waals surface area contributed by atoms with Crippen LogP contribution in [0.1, 0.15) is 20.3 Å². The number of carbonyl (C=O) groups excluding carboxylic acids is 3. The van der Waals surface area contributed by atoms with Crippen molar-refractivity contribution in [3.63, 3.8) is 0 Å². The van der Waals surface area contributed by atoms with Crippen LogP contribution in [0.4, 0.5) is 4.79 Å². The molecule has 0 aromatic rings. The number of carboxylic acid groups (broad SMARTS) is 2. The van der Waals surface area contributed by atoms with Gasteiger partial charge in [-0.1, -0.05) is 23.9 Å². The van der Waals surface area contributed by atoms with Crippen LogP contribution in [0, 0.1) is 5.92 Å². The molecular weight excluding hydrogens is 312 g/mol. The largest absolute Gasteiger partial charge is 0.503 e. The lowest BCUT2D eigenvalue weighted by Crippen LogP contribution is -2.61. The number of fused-ring (bicyclic) bond motifs is 1. The molecule has 22 heavy (non-hydrogen) atoms. The summed E-state index contributed by atoms with van der Waals surface area (Å²) in [5.41, 5.74) is 0. The van der Waals surface area contributed by atoms with Gasteiger partial charge in [-0.15, -0.1) is 0 Å². The van der Waals surface area contributed by atoms with Gasteiger partial charge in [-0.2, -0.15) is 0 Å². The molecule has 2 aliphatic rings. The topological polar surface area (TPSA) is 115 Å². The maximum atomic E-state index is 12.3. The summed E-state index contributed by atoms with van der Waals surface area (Å²) in [7, 11) is 0. The van der Waals surface area contributed by atoms with Crippen LogP contribution in [-0.4, -0.2) is 61.7 Å². The van der Waals surface area contributed by atoms with Gasteiger partial charge in [-0.3, -0.25) is 14.4 Å². The molecule has 2 atom stereocenters. The number of amides is 2. The summed E-state index contributed by atoms with van der Waals surface area (Å²) in [5.74, 6) is -0.0857. The number of hydrogen-bond acceptors (Lipinski definition) is 5. The van der Waals surface area contributed by atoms with Gasteiger partial charge in [-0.25, -0.2) is 14.8 Å². The zero-order chi connectivity index (χ0) is 16.9. The second-order valence-corrected chi connectivity index (χ2v) is 6.01. The summed E-state index contributed by atoms with van der Waals surface area (Å²) in [4.78, 5) is 43.8. The molecule has 122 valence electrons. The number of carbonyl (C=O) groups is 4. The summed E-state index contributed by atoms with van der Waals surface area (Å²) in [6, 6.07) is -0.0969. The van der Waals surface area contributed by atoms with E-state index in [1.165, 1.54) is 16.9 Å². The van der Waals surface area contributed by atoms with Crippen LogP contribution >= 0.6 is 11.8 Å². The van der Waals surface area contributed by atoms with Crippen LogP contribution < -0.4 is 0 Å². The molecule has 2 heterocycles. The molecule has 0 aromatic heterocycles. The summed E-state index contributed by atoms with van der Waals surface area (Å²) in [6.45, 7) is 3.81. The number of rotatable bonds is 2. The molecule has 0 radical (unpaired) electrons. The molecule has 2 N–H and O–H groups in total. The van der Waals surface area contributed by atoms with Gasteiger partial charge in [0, 0.05) is 19.1 Å². The fourth-order valence-corrected chi connectivity index (χ4v) is 2.92. The van der Waals surface area contributed by atoms with Gasteiger partial charge in [0.15, 0.2) is 5.12 Å². The van der Waals surface area contributed by atoms with Crippen LogP contribution in [0.2, 0.25) is 0 Å². The predicted octanol–water partition coefficient (Wildman–Crippen LogP) is 1.04. The minimum atomic E-state index is -1.83. The van der Waals surface area contributed by atoms with Crippen molar-refractivity contribution < 1.29 is 29.4 Å². The molecule has 0 bridgehead atoms. The number of nitrogens with zero attached hydrogens (tertiary/aromatic N) is 2. The Kier molecular flexibility index (Phi) is 6.41. The Morgan fingerprint density at radius 3 is 2.50 bits per heavy atom. The highest BCUT2D eigenvalue weighted by molar-refractivity contribution is 8.13. The van der Waals surface area contributed by atoms with E-state index in [1.807, 2.05) is 19.1 Å². The first-order chi connectivity index (χ1) is 10.2. The second-order valence-electron chi connectivity index (χ2n) is 4.81. The van der Waals surface area contributed by atoms with Crippen LogP contribution in [0.3, 0.4) is 0 Å². The first kappa shape index (κ1) is 18.0. The molecule has 2 rings (SSSR count). The third-order valence-corrected chi connectivity index (χ3v) is 4.09. The zero-order valence-electron chi connectivity index (χ0n) is 12.3. The summed E-state index contributed by atoms with van der Waals surface area (Å²) < 4.78 is 0. The van der Waals surface area contributed by atoms with Crippen molar-refractivity contribution in [2.45, 2.75) is 26.3 Å². The van der Waals surface area contributed by atoms with E-state index in [0.29, 0.717) is 12.3 Å². The van der Waals surface area contributed by atoms with Gasteiger partial charge in [0.05, 0.1) is 18.5 Å². The lowest BCUT2D eigenvalue weighted by atomic mass is 10.0. The van der Waals surface area contributed by atoms with Crippen LogP contribution in [0.15, 0.2) is 12.2 Å². The molecule has 2 aliphatic heterocycles. The van der Waals surface area contributed by atoms with E-state index < -0.39 is 6.16 Å². The molecule has 2 amide bonds. The van der Waals surface area contributed by atoms with E-state index in [0.717, 1.165) is 11.8 Å². The van der Waals surface area contributed by atoms with Gasteiger partial charge in [0.1, 0.15) is 0 Å². The van der Waals surface area contributed by atoms with Crippen molar-refractivity contribution in [2.24, 2.45) is 5.92 Å². The van der Waals surface area contributed by atoms with Gasteiger partial charge < -0.3 is 10.2 Å². The number of hydrazine groups is 1. The maximum Gasteiger partial charge on any atom is 0.503 e. The highest BCUT2D eigenvalue weighted by atomic mass is 32.2. The maximum absolute atomic E-state index is 12.3. The molecule has 0 aliphatic carbocycles. The monoisotopic (exact) mass is 330 g/mol. The highest BCUT2D eigenvalue weighted by Crippen LogP contribution is 2.27. The SMILES string of the molecule is CC(=O)SCC1CC(=O)N2CC=CC(C)N2C1=O.O=C(O)O. The lowest BCUT2D eigenvalue weighted by molar-refractivity contribution is -0.178. The fraction of sp³-hybridized carbons (Fsp3) is 0.538. The van der Waals surface area contributed by atoms with Crippen molar-refractivity contribution in [2.75, 3.05) is 12.3 Å². The van der Waals surface area contributed by atoms with Crippen molar-refractivity contribution >= 4 is 34.8 Å². The van der Waals surface area contributed by atoms with Crippen LogP contribution in [0.25, 0.3) is 0 Å². The Morgan fingerprint density at radius 1 is 1.36 bits per heavy atom. The number of thioether (sulfide) groups is 1. The van der Waals surface area contributed by atoms with E-state index in [4.69, 9.17) is 15.0 Å². The zero-order valence-corrected chi connectivity index (χ0v) is 13.1. The van der Waals surface area contributed by atoms with E-state index >= 15 is 0 Å². The van der Waals surface area contributed by atoms with Gasteiger partial charge >= 0.3 is 6.16 Å². The molecule has 1 saturated heterocycles. The third-order valence-electron chi connectivity index (χ3n) is 3.11. The molecule has 2 unspecified atom stereocenters. The normalized spacial score (nSPS) is 23.5. The Balaban J connectivity index is 0.000000541. The minimum absolute atomic E-state index is 0.0238. The van der Waals surface area contributed by atoms with E-state index in [2.05, 4.69) is 0 Å². The van der Waals surface area contributed by atoms with Crippen molar-refractivity contribution in [1.82, 2.24) is 10.0 Å². The van der Waals surface area contributed by atoms with Gasteiger partial charge in [0.25, 0.3) is 0 Å². The minimum Gasteiger partial charge on any atom is -0.450 e. The molecule has 0 saturated carbocycles. The van der Waals surface area contributed by atoms with E-state index in [9.17, 15) is 14.4 Å². The van der Waals surface area contributed by atoms with Crippen LogP contribution in [-0.2, 0) is 14.4 Å². The first-order valence-electron chi connectivity index (χ1n) is 6.59. The number of hydrogen-bond donors (Lipinski definition) is 2. The Bertz CT molecular complexity index is 503. The van der Waals surface area contributed by atoms with E-state index in [1.54, 1.807) is 0 Å². The quantitative estimate of drug-likeness (QED) is 0.727. The summed E-state index contributed by atoms with van der Waals surface area (Å²) in [6.07, 6.45) is 2.19. The predicted molar refractivity (Wildman–Crippen MR) is 79.1 cm³/mol. The van der Waals surface area contributed by atoms with Gasteiger partial charge in [-0.05, 0) is 6.92 Å². The second kappa shape index (κ2) is 7.83. The highest BCUT2D eigenvalue weighted by Gasteiger charge is 2.41. The first-order valence-corrected chi connectivity index (χ1v) is 7.57. The molecule has 1 fully saturated rings. The van der Waals surface area contributed by atoms with E-state index in [-0.39, 0.29) is 35.3 Å². The summed E-state index contributed by atoms with van der Waals surface area (Å²) >= 11 is 1.11. The average Bonchev–Trinajstić information content (AvgIpc) is 2.40. The van der Waals surface area contributed by atoms with Crippen molar-refractivity contribution in [1.29, 1.82) is 0 Å². The smallest absolute Gasteiger partial charge is 0.450 e. The lowest BCUT2D eigenvalue weighted by Gasteiger charge is -2.45. The van der Waals surface area contributed by atoms with Crippen molar-refractivity contribution in [3.05, 3.63) is 12.2 Å². The summed E-state index contributed by atoms with van der Waals surface area (Å²) in [5, 5.41) is 16.9. The molecule has 9 heteroatoms. The third kappa shape index (κ3) is 4.76. The standard InChI is InChI=1S/C12H16N2O3S.CH2O3/c1-8-4-3-5-13-11(16)6-10(7-18-9(2)15)12(17)14(8)13;2-1(3)4/h3-4,8,10H,5-7H2,1-2H3;(H2,2,3,4). The Labute approximate surface area is 131 Å². The Hall–Kier alpha value is -2.03. The van der Waals surface area contributed by atoms with Crippen molar-refractivity contribution in [3.8, 4) is 0 Å². The molecule has 0 spiro atoms. The molecule has 8 nitrogen and oxygen atoms in total. The van der Waals surface area contributed by atoms with Crippen LogP contribution in [0.5, 0.6) is 0 Å². The molecular formula is C13H18N2O6S. The Morgan fingerprint density at radius 2 is 1.95 bits per heavy atom. The fourth-order valence-electron chi connectivity index (χ4n) is 2.23. The molecule has 0 aromatic carbocycles.